The Labute approximate surface area is 141 Å². The van der Waals surface area contributed by atoms with Gasteiger partial charge in [-0.25, -0.2) is 5.48 Å². The molecular weight excluding hydrogens is 304 g/mol. The highest BCUT2D eigenvalue weighted by atomic mass is 16.6. The summed E-state index contributed by atoms with van der Waals surface area (Å²) in [5.41, 5.74) is 5.22. The van der Waals surface area contributed by atoms with Gasteiger partial charge in [0.15, 0.2) is 0 Å². The number of nitrogens with zero attached hydrogens (tertiary/aromatic N) is 1. The average molecular weight is 324 g/mol. The van der Waals surface area contributed by atoms with Gasteiger partial charge in [-0.3, -0.25) is 14.4 Å². The molecule has 1 N–H and O–H groups in total. The summed E-state index contributed by atoms with van der Waals surface area (Å²) in [6, 6.07) is 17.2. The molecule has 0 spiro atoms. The second-order valence-corrected chi connectivity index (χ2v) is 5.79. The lowest BCUT2D eigenvalue weighted by Crippen LogP contribution is -2.25. The number of carbonyl (C=O) groups excluding carboxylic acids is 2. The minimum Gasteiger partial charge on any atom is -0.312 e. The molecule has 3 rings (SSSR count). The van der Waals surface area contributed by atoms with Gasteiger partial charge in [0, 0.05) is 18.7 Å². The lowest BCUT2D eigenvalue weighted by Gasteiger charge is -2.15. The van der Waals surface area contributed by atoms with Crippen molar-refractivity contribution in [2.75, 3.05) is 11.4 Å². The zero-order valence-electron chi connectivity index (χ0n) is 13.4. The third kappa shape index (κ3) is 4.20. The van der Waals surface area contributed by atoms with E-state index in [9.17, 15) is 9.59 Å². The van der Waals surface area contributed by atoms with Gasteiger partial charge in [-0.05, 0) is 29.7 Å². The van der Waals surface area contributed by atoms with Gasteiger partial charge in [0.2, 0.25) is 11.8 Å². The summed E-state index contributed by atoms with van der Waals surface area (Å²) in [6.07, 6.45) is 1.76. The smallest absolute Gasteiger partial charge is 0.247 e. The molecule has 24 heavy (non-hydrogen) atoms. The van der Waals surface area contributed by atoms with Gasteiger partial charge in [0.1, 0.15) is 0 Å². The lowest BCUT2D eigenvalue weighted by molar-refractivity contribution is -0.133. The van der Waals surface area contributed by atoms with Crippen molar-refractivity contribution < 1.29 is 14.4 Å². The van der Waals surface area contributed by atoms with E-state index in [0.29, 0.717) is 13.0 Å². The molecule has 0 saturated carbocycles. The van der Waals surface area contributed by atoms with E-state index in [1.54, 1.807) is 4.90 Å². The normalized spacial score (nSPS) is 14.0. The first-order valence-electron chi connectivity index (χ1n) is 8.06. The molecule has 124 valence electrons. The van der Waals surface area contributed by atoms with E-state index in [-0.39, 0.29) is 18.2 Å². The number of rotatable bonds is 6. The standard InChI is InChI=1S/C19H20N2O3/c22-18(20-24-14-16-5-2-1-3-6-16)13-15-8-10-17(11-9-15)21-12-4-7-19(21)23/h1-3,5-6,8-11H,4,7,12-14H2,(H,20,22). The topological polar surface area (TPSA) is 58.6 Å². The third-order valence-corrected chi connectivity index (χ3v) is 3.95. The van der Waals surface area contributed by atoms with Crippen LogP contribution in [0, 0.1) is 0 Å². The van der Waals surface area contributed by atoms with Gasteiger partial charge in [-0.1, -0.05) is 42.5 Å². The van der Waals surface area contributed by atoms with E-state index in [2.05, 4.69) is 5.48 Å². The number of nitrogens with one attached hydrogen (secondary N) is 1. The van der Waals surface area contributed by atoms with Crippen molar-refractivity contribution in [3.63, 3.8) is 0 Å². The molecule has 0 aliphatic carbocycles. The van der Waals surface area contributed by atoms with Crippen LogP contribution in [0.1, 0.15) is 24.0 Å². The summed E-state index contributed by atoms with van der Waals surface area (Å²) in [6.45, 7) is 1.11. The van der Waals surface area contributed by atoms with Crippen LogP contribution in [0.25, 0.3) is 0 Å². The number of amides is 2. The number of hydroxylamine groups is 1. The zero-order chi connectivity index (χ0) is 16.8. The maximum absolute atomic E-state index is 11.9. The summed E-state index contributed by atoms with van der Waals surface area (Å²) >= 11 is 0. The molecular formula is C19H20N2O3. The molecule has 1 heterocycles. The molecule has 0 unspecified atom stereocenters. The van der Waals surface area contributed by atoms with Crippen molar-refractivity contribution in [2.45, 2.75) is 25.9 Å². The van der Waals surface area contributed by atoms with E-state index in [1.165, 1.54) is 0 Å². The van der Waals surface area contributed by atoms with Crippen LogP contribution in [0.2, 0.25) is 0 Å². The first-order chi connectivity index (χ1) is 11.7. The van der Waals surface area contributed by atoms with Crippen molar-refractivity contribution in [1.82, 2.24) is 5.48 Å². The van der Waals surface area contributed by atoms with Crippen molar-refractivity contribution in [1.29, 1.82) is 0 Å². The molecule has 1 fully saturated rings. The van der Waals surface area contributed by atoms with Crippen LogP contribution in [0.5, 0.6) is 0 Å². The van der Waals surface area contributed by atoms with E-state index < -0.39 is 0 Å². The molecule has 1 saturated heterocycles. The second kappa shape index (κ2) is 7.75. The summed E-state index contributed by atoms with van der Waals surface area (Å²) < 4.78 is 0. The van der Waals surface area contributed by atoms with Gasteiger partial charge >= 0.3 is 0 Å². The number of benzene rings is 2. The van der Waals surface area contributed by atoms with Gasteiger partial charge in [0.25, 0.3) is 0 Å². The highest BCUT2D eigenvalue weighted by Crippen LogP contribution is 2.21. The first-order valence-corrected chi connectivity index (χ1v) is 8.06. The molecule has 0 radical (unpaired) electrons. The Balaban J connectivity index is 1.47. The van der Waals surface area contributed by atoms with Crippen LogP contribution in [-0.2, 0) is 27.5 Å². The molecule has 5 nitrogen and oxygen atoms in total. The quantitative estimate of drug-likeness (QED) is 0.831. The van der Waals surface area contributed by atoms with Crippen LogP contribution in [-0.4, -0.2) is 18.4 Å². The average Bonchev–Trinajstić information content (AvgIpc) is 3.03. The predicted molar refractivity (Wildman–Crippen MR) is 91.1 cm³/mol. The van der Waals surface area contributed by atoms with E-state index in [1.807, 2.05) is 54.6 Å². The van der Waals surface area contributed by atoms with Gasteiger partial charge in [0.05, 0.1) is 13.0 Å². The molecule has 2 amide bonds. The summed E-state index contributed by atoms with van der Waals surface area (Å²) in [5.74, 6) is -0.0364. The van der Waals surface area contributed by atoms with E-state index in [4.69, 9.17) is 4.84 Å². The summed E-state index contributed by atoms with van der Waals surface area (Å²) in [4.78, 5) is 30.6. The van der Waals surface area contributed by atoms with Gasteiger partial charge in [-0.15, -0.1) is 0 Å². The Bertz CT molecular complexity index is 698. The summed E-state index contributed by atoms with van der Waals surface area (Å²) in [7, 11) is 0. The summed E-state index contributed by atoms with van der Waals surface area (Å²) in [5, 5.41) is 0. The first kappa shape index (κ1) is 16.2. The van der Waals surface area contributed by atoms with Crippen LogP contribution in [0.3, 0.4) is 0 Å². The Hall–Kier alpha value is -2.66. The van der Waals surface area contributed by atoms with Crippen molar-refractivity contribution >= 4 is 17.5 Å². The Morgan fingerprint density at radius 2 is 1.79 bits per heavy atom. The maximum Gasteiger partial charge on any atom is 0.247 e. The number of carbonyl (C=O) groups is 2. The fourth-order valence-corrected chi connectivity index (χ4v) is 2.71. The molecule has 5 heteroatoms. The highest BCUT2D eigenvalue weighted by Gasteiger charge is 2.21. The third-order valence-electron chi connectivity index (χ3n) is 3.95. The molecule has 0 bridgehead atoms. The van der Waals surface area contributed by atoms with Crippen LogP contribution < -0.4 is 10.4 Å². The van der Waals surface area contributed by atoms with Crippen molar-refractivity contribution in [3.8, 4) is 0 Å². The minimum atomic E-state index is -0.198. The molecule has 2 aromatic carbocycles. The Morgan fingerprint density at radius 3 is 2.46 bits per heavy atom. The molecule has 2 aromatic rings. The highest BCUT2D eigenvalue weighted by molar-refractivity contribution is 5.95. The van der Waals surface area contributed by atoms with Crippen molar-refractivity contribution in [2.24, 2.45) is 0 Å². The van der Waals surface area contributed by atoms with Crippen LogP contribution in [0.15, 0.2) is 54.6 Å². The maximum atomic E-state index is 11.9. The zero-order valence-corrected chi connectivity index (χ0v) is 13.4. The monoisotopic (exact) mass is 324 g/mol. The Kier molecular flexibility index (Phi) is 5.23. The van der Waals surface area contributed by atoms with Gasteiger partial charge in [-0.2, -0.15) is 0 Å². The minimum absolute atomic E-state index is 0.162. The second-order valence-electron chi connectivity index (χ2n) is 5.79. The SMILES string of the molecule is O=C(Cc1ccc(N2CCCC2=O)cc1)NOCc1ccccc1. The Morgan fingerprint density at radius 1 is 1.04 bits per heavy atom. The van der Waals surface area contributed by atoms with Gasteiger partial charge < -0.3 is 4.90 Å². The number of hydrogen-bond donors (Lipinski definition) is 1. The molecule has 1 aliphatic rings. The lowest BCUT2D eigenvalue weighted by atomic mass is 10.1. The fourth-order valence-electron chi connectivity index (χ4n) is 2.71. The van der Waals surface area contributed by atoms with Crippen LogP contribution in [0.4, 0.5) is 5.69 Å². The predicted octanol–water partition coefficient (Wildman–Crippen LogP) is 2.60. The molecule has 0 aromatic heterocycles. The van der Waals surface area contributed by atoms with Crippen LogP contribution >= 0.6 is 0 Å². The number of anilines is 1. The largest absolute Gasteiger partial charge is 0.312 e. The molecule has 0 atom stereocenters. The van der Waals surface area contributed by atoms with E-state index in [0.717, 1.165) is 29.8 Å². The number of hydrogen-bond acceptors (Lipinski definition) is 3. The fraction of sp³-hybridized carbons (Fsp3) is 0.263. The van der Waals surface area contributed by atoms with E-state index >= 15 is 0 Å². The van der Waals surface area contributed by atoms with Crippen molar-refractivity contribution in [3.05, 3.63) is 65.7 Å². The molecule has 1 aliphatic heterocycles.